The van der Waals surface area contributed by atoms with Gasteiger partial charge in [-0.1, -0.05) is 24.3 Å². The van der Waals surface area contributed by atoms with Crippen LogP contribution in [0.2, 0.25) is 0 Å². The Bertz CT molecular complexity index is 1110. The van der Waals surface area contributed by atoms with Gasteiger partial charge in [0.1, 0.15) is 6.54 Å². The molecule has 0 fully saturated rings. The average Bonchev–Trinajstić information content (AvgIpc) is 3.31. The van der Waals surface area contributed by atoms with Crippen molar-refractivity contribution in [3.8, 4) is 0 Å². The summed E-state index contributed by atoms with van der Waals surface area (Å²) >= 11 is 0. The van der Waals surface area contributed by atoms with E-state index in [1.807, 2.05) is 28.8 Å². The van der Waals surface area contributed by atoms with Crippen LogP contribution in [0.4, 0.5) is 0 Å². The molecule has 0 radical (unpaired) electrons. The van der Waals surface area contributed by atoms with Gasteiger partial charge in [0.25, 0.3) is 0 Å². The van der Waals surface area contributed by atoms with Crippen LogP contribution in [0.1, 0.15) is 23.9 Å². The lowest BCUT2D eigenvalue weighted by molar-refractivity contribution is 0.789. The Kier molecular flexibility index (Phi) is 5.23. The largest absolute Gasteiger partial charge is 0.361 e. The molecule has 0 saturated carbocycles. The summed E-state index contributed by atoms with van der Waals surface area (Å²) in [4.78, 5) is 8.05. The molecule has 0 spiro atoms. The monoisotopic (exact) mass is 375 g/mol. The molecule has 1 aromatic carbocycles. The maximum absolute atomic E-state index is 4.66. The lowest BCUT2D eigenvalue weighted by Crippen LogP contribution is -2.38. The van der Waals surface area contributed by atoms with Crippen LogP contribution in [0.5, 0.6) is 0 Å². The van der Waals surface area contributed by atoms with Crippen LogP contribution in [0, 0.1) is 6.92 Å². The maximum atomic E-state index is 4.66. The first-order valence-electron chi connectivity index (χ1n) is 9.62. The molecular weight excluding hydrogens is 350 g/mol. The molecule has 0 atom stereocenters. The number of nitrogens with zero attached hydrogens (tertiary/aromatic N) is 4. The summed E-state index contributed by atoms with van der Waals surface area (Å²) in [7, 11) is 0. The van der Waals surface area contributed by atoms with Crippen LogP contribution in [0.25, 0.3) is 16.6 Å². The van der Waals surface area contributed by atoms with Crippen molar-refractivity contribution in [1.82, 2.24) is 30.2 Å². The zero-order chi connectivity index (χ0) is 19.3. The molecule has 0 aliphatic heterocycles. The SMILES string of the molecule is CCNC(=NCc1nnc2ccccn12)NCCc1c[nH]c2c(C)cccc12. The number of guanidine groups is 1. The van der Waals surface area contributed by atoms with E-state index >= 15 is 0 Å². The molecule has 7 nitrogen and oxygen atoms in total. The second-order valence-corrected chi connectivity index (χ2v) is 6.73. The number of hydrogen-bond acceptors (Lipinski definition) is 3. The number of aliphatic imine (C=N–C) groups is 1. The Balaban J connectivity index is 1.42. The van der Waals surface area contributed by atoms with E-state index in [1.54, 1.807) is 0 Å². The van der Waals surface area contributed by atoms with Crippen molar-refractivity contribution >= 4 is 22.5 Å². The van der Waals surface area contributed by atoms with Gasteiger partial charge in [-0.2, -0.15) is 0 Å². The van der Waals surface area contributed by atoms with Gasteiger partial charge < -0.3 is 15.6 Å². The zero-order valence-electron chi connectivity index (χ0n) is 16.2. The van der Waals surface area contributed by atoms with Crippen LogP contribution in [0.3, 0.4) is 0 Å². The smallest absolute Gasteiger partial charge is 0.191 e. The summed E-state index contributed by atoms with van der Waals surface area (Å²) < 4.78 is 1.96. The van der Waals surface area contributed by atoms with Crippen LogP contribution in [-0.2, 0) is 13.0 Å². The van der Waals surface area contributed by atoms with Gasteiger partial charge in [0.05, 0.1) is 0 Å². The van der Waals surface area contributed by atoms with Crippen molar-refractivity contribution in [2.24, 2.45) is 4.99 Å². The number of aryl methyl sites for hydroxylation is 1. The molecule has 4 aromatic rings. The van der Waals surface area contributed by atoms with Crippen molar-refractivity contribution in [2.45, 2.75) is 26.8 Å². The van der Waals surface area contributed by atoms with E-state index in [2.05, 4.69) is 69.1 Å². The average molecular weight is 375 g/mol. The molecule has 3 aromatic heterocycles. The molecule has 3 N–H and O–H groups in total. The zero-order valence-corrected chi connectivity index (χ0v) is 16.2. The molecule has 4 rings (SSSR count). The van der Waals surface area contributed by atoms with E-state index in [0.29, 0.717) is 6.54 Å². The normalized spacial score (nSPS) is 12.0. The number of benzene rings is 1. The molecule has 0 unspecified atom stereocenters. The fraction of sp³-hybridized carbons (Fsp3) is 0.286. The fourth-order valence-electron chi connectivity index (χ4n) is 3.38. The predicted molar refractivity (Wildman–Crippen MR) is 113 cm³/mol. The van der Waals surface area contributed by atoms with Gasteiger partial charge in [-0.05, 0) is 43.5 Å². The van der Waals surface area contributed by atoms with E-state index in [0.717, 1.165) is 36.9 Å². The Morgan fingerprint density at radius 2 is 2.07 bits per heavy atom. The van der Waals surface area contributed by atoms with Crippen LogP contribution < -0.4 is 10.6 Å². The summed E-state index contributed by atoms with van der Waals surface area (Å²) in [6.45, 7) is 6.26. The van der Waals surface area contributed by atoms with Gasteiger partial charge in [0.15, 0.2) is 17.4 Å². The van der Waals surface area contributed by atoms with Gasteiger partial charge in [0.2, 0.25) is 0 Å². The lowest BCUT2D eigenvalue weighted by atomic mass is 10.1. The third-order valence-corrected chi connectivity index (χ3v) is 4.80. The third-order valence-electron chi connectivity index (χ3n) is 4.80. The first-order valence-corrected chi connectivity index (χ1v) is 9.62. The van der Waals surface area contributed by atoms with E-state index in [-0.39, 0.29) is 0 Å². The van der Waals surface area contributed by atoms with Crippen molar-refractivity contribution < 1.29 is 0 Å². The van der Waals surface area contributed by atoms with Gasteiger partial charge in [-0.3, -0.25) is 4.40 Å². The second kappa shape index (κ2) is 8.12. The number of hydrogen-bond donors (Lipinski definition) is 3. The third kappa shape index (κ3) is 3.69. The summed E-state index contributed by atoms with van der Waals surface area (Å²) in [6, 6.07) is 12.3. The highest BCUT2D eigenvalue weighted by Gasteiger charge is 2.07. The van der Waals surface area contributed by atoms with Crippen LogP contribution in [-0.4, -0.2) is 38.6 Å². The minimum atomic E-state index is 0.465. The van der Waals surface area contributed by atoms with E-state index in [1.165, 1.54) is 22.0 Å². The van der Waals surface area contributed by atoms with Crippen LogP contribution in [0.15, 0.2) is 53.8 Å². The van der Waals surface area contributed by atoms with Crippen molar-refractivity contribution in [3.63, 3.8) is 0 Å². The summed E-state index contributed by atoms with van der Waals surface area (Å²) in [6.07, 6.45) is 4.98. The highest BCUT2D eigenvalue weighted by Crippen LogP contribution is 2.21. The van der Waals surface area contributed by atoms with Crippen LogP contribution >= 0.6 is 0 Å². The van der Waals surface area contributed by atoms with E-state index in [9.17, 15) is 0 Å². The Labute approximate surface area is 163 Å². The molecule has 144 valence electrons. The molecule has 28 heavy (non-hydrogen) atoms. The number of pyridine rings is 1. The van der Waals surface area contributed by atoms with E-state index in [4.69, 9.17) is 0 Å². The molecule has 0 bridgehead atoms. The van der Waals surface area contributed by atoms with Gasteiger partial charge >= 0.3 is 0 Å². The second-order valence-electron chi connectivity index (χ2n) is 6.73. The predicted octanol–water partition coefficient (Wildman–Crippen LogP) is 2.82. The van der Waals surface area contributed by atoms with Gasteiger partial charge in [0, 0.05) is 36.4 Å². The molecule has 0 amide bonds. The summed E-state index contributed by atoms with van der Waals surface area (Å²) in [5, 5.41) is 16.4. The maximum Gasteiger partial charge on any atom is 0.191 e. The molecule has 0 saturated heterocycles. The minimum Gasteiger partial charge on any atom is -0.361 e. The number of aromatic amines is 1. The molecule has 0 aliphatic rings. The van der Waals surface area contributed by atoms with Crippen molar-refractivity contribution in [1.29, 1.82) is 0 Å². The Hall–Kier alpha value is -3.35. The Morgan fingerprint density at radius 3 is 2.96 bits per heavy atom. The minimum absolute atomic E-state index is 0.465. The van der Waals surface area contributed by atoms with E-state index < -0.39 is 0 Å². The molecular formula is C21H25N7. The van der Waals surface area contributed by atoms with Gasteiger partial charge in [-0.25, -0.2) is 4.99 Å². The first kappa shape index (κ1) is 18.0. The number of rotatable bonds is 6. The number of H-pyrrole nitrogens is 1. The first-order chi connectivity index (χ1) is 13.8. The standard InChI is InChI=1S/C21H25N7/c1-3-22-21(25-14-19-27-26-18-9-4-5-12-28(18)19)23-11-10-16-13-24-20-15(2)7-6-8-17(16)20/h4-9,12-13,24H,3,10-11,14H2,1-2H3,(H2,22,23,25). The highest BCUT2D eigenvalue weighted by atomic mass is 15.3. The number of nitrogens with one attached hydrogen (secondary N) is 3. The Morgan fingerprint density at radius 1 is 1.14 bits per heavy atom. The number of para-hydroxylation sites is 1. The summed E-state index contributed by atoms with van der Waals surface area (Å²) in [5.74, 6) is 1.60. The quantitative estimate of drug-likeness (QED) is 0.357. The molecule has 3 heterocycles. The molecule has 0 aliphatic carbocycles. The molecule has 7 heteroatoms. The number of fused-ring (bicyclic) bond motifs is 2. The summed E-state index contributed by atoms with van der Waals surface area (Å²) in [5.41, 5.74) is 4.63. The number of aromatic nitrogens is 4. The van der Waals surface area contributed by atoms with Crippen molar-refractivity contribution in [2.75, 3.05) is 13.1 Å². The van der Waals surface area contributed by atoms with Gasteiger partial charge in [-0.15, -0.1) is 10.2 Å². The van der Waals surface area contributed by atoms with Crippen molar-refractivity contribution in [3.05, 3.63) is 65.7 Å². The highest BCUT2D eigenvalue weighted by molar-refractivity contribution is 5.86. The topological polar surface area (TPSA) is 82.4 Å². The lowest BCUT2D eigenvalue weighted by Gasteiger charge is -2.11. The fourth-order valence-corrected chi connectivity index (χ4v) is 3.38.